The maximum atomic E-state index is 5.92. The van der Waals surface area contributed by atoms with E-state index < -0.39 is 0 Å². The van der Waals surface area contributed by atoms with Crippen LogP contribution in [-0.4, -0.2) is 12.6 Å². The van der Waals surface area contributed by atoms with Gasteiger partial charge in [0.05, 0.1) is 6.54 Å². The number of benzene rings is 2. The zero-order chi connectivity index (χ0) is 13.2. The molecule has 2 aromatic carbocycles. The highest BCUT2D eigenvalue weighted by molar-refractivity contribution is 9.10. The highest BCUT2D eigenvalue weighted by Gasteiger charge is 2.21. The molecule has 3 rings (SSSR count). The first-order valence-electron chi connectivity index (χ1n) is 6.47. The van der Waals surface area contributed by atoms with Crippen LogP contribution in [-0.2, 0) is 6.42 Å². The van der Waals surface area contributed by atoms with E-state index in [1.54, 1.807) is 0 Å². The quantitative estimate of drug-likeness (QED) is 0.917. The molecule has 19 heavy (non-hydrogen) atoms. The summed E-state index contributed by atoms with van der Waals surface area (Å²) in [6.07, 6.45) is 1.21. The molecular weight excluding hydrogens is 302 g/mol. The summed E-state index contributed by atoms with van der Waals surface area (Å²) in [5.74, 6) is 1.03. The van der Waals surface area contributed by atoms with Gasteiger partial charge in [-0.2, -0.15) is 0 Å². The van der Waals surface area contributed by atoms with Crippen LogP contribution in [0.15, 0.2) is 46.9 Å². The molecule has 1 N–H and O–H groups in total. The Morgan fingerprint density at radius 2 is 2.11 bits per heavy atom. The van der Waals surface area contributed by atoms with E-state index in [0.717, 1.165) is 23.2 Å². The molecule has 1 atom stereocenters. The molecule has 1 aliphatic heterocycles. The molecule has 0 fully saturated rings. The number of nitrogens with one attached hydrogen (secondary N) is 1. The van der Waals surface area contributed by atoms with Gasteiger partial charge in [0.1, 0.15) is 11.9 Å². The van der Waals surface area contributed by atoms with Crippen molar-refractivity contribution < 1.29 is 4.74 Å². The lowest BCUT2D eigenvalue weighted by molar-refractivity contribution is 0.246. The van der Waals surface area contributed by atoms with Gasteiger partial charge >= 0.3 is 0 Å². The van der Waals surface area contributed by atoms with Crippen LogP contribution in [0.1, 0.15) is 11.1 Å². The van der Waals surface area contributed by atoms with Crippen molar-refractivity contribution in [3.63, 3.8) is 0 Å². The largest absolute Gasteiger partial charge is 0.488 e. The maximum Gasteiger partial charge on any atom is 0.123 e. The molecule has 0 saturated heterocycles. The van der Waals surface area contributed by atoms with Gasteiger partial charge in [-0.1, -0.05) is 34.1 Å². The predicted molar refractivity (Wildman–Crippen MR) is 81.9 cm³/mol. The highest BCUT2D eigenvalue weighted by atomic mass is 79.9. The van der Waals surface area contributed by atoms with Gasteiger partial charge < -0.3 is 10.1 Å². The van der Waals surface area contributed by atoms with Crippen molar-refractivity contribution in [3.05, 3.63) is 58.1 Å². The molecule has 0 bridgehead atoms. The maximum absolute atomic E-state index is 5.92. The molecule has 98 valence electrons. The Balaban J connectivity index is 1.63. The molecule has 0 spiro atoms. The normalized spacial score (nSPS) is 16.8. The van der Waals surface area contributed by atoms with Gasteiger partial charge in [0, 0.05) is 16.6 Å². The average molecular weight is 318 g/mol. The third-order valence-corrected chi connectivity index (χ3v) is 3.92. The number of hydrogen-bond acceptors (Lipinski definition) is 2. The molecule has 1 heterocycles. The van der Waals surface area contributed by atoms with E-state index in [1.165, 1.54) is 16.8 Å². The van der Waals surface area contributed by atoms with Crippen molar-refractivity contribution >= 4 is 21.6 Å². The number of halogens is 1. The first-order chi connectivity index (χ1) is 9.22. The van der Waals surface area contributed by atoms with Crippen LogP contribution in [0.25, 0.3) is 0 Å². The molecular formula is C16H16BrNO. The molecule has 0 saturated carbocycles. The fraction of sp³-hybridized carbons (Fsp3) is 0.250. The van der Waals surface area contributed by atoms with Crippen LogP contribution in [0.5, 0.6) is 5.75 Å². The summed E-state index contributed by atoms with van der Waals surface area (Å²) in [5.41, 5.74) is 3.72. The predicted octanol–water partition coefficient (Wildman–Crippen LogP) is 4.17. The van der Waals surface area contributed by atoms with Crippen molar-refractivity contribution in [2.45, 2.75) is 19.4 Å². The Hall–Kier alpha value is -1.48. The van der Waals surface area contributed by atoms with Gasteiger partial charge in [-0.05, 0) is 42.3 Å². The highest BCUT2D eigenvalue weighted by Crippen LogP contribution is 2.28. The zero-order valence-corrected chi connectivity index (χ0v) is 12.4. The van der Waals surface area contributed by atoms with Crippen LogP contribution in [0.2, 0.25) is 0 Å². The molecule has 1 unspecified atom stereocenters. The van der Waals surface area contributed by atoms with Crippen molar-refractivity contribution in [1.82, 2.24) is 0 Å². The third kappa shape index (κ3) is 2.76. The van der Waals surface area contributed by atoms with Gasteiger partial charge in [0.2, 0.25) is 0 Å². The molecule has 0 radical (unpaired) electrons. The number of ether oxygens (including phenoxy) is 1. The lowest BCUT2D eigenvalue weighted by Gasteiger charge is -2.14. The van der Waals surface area contributed by atoms with Gasteiger partial charge in [-0.3, -0.25) is 0 Å². The van der Waals surface area contributed by atoms with E-state index in [-0.39, 0.29) is 6.10 Å². The van der Waals surface area contributed by atoms with Crippen molar-refractivity contribution in [2.75, 3.05) is 11.9 Å². The molecule has 2 nitrogen and oxygen atoms in total. The Labute approximate surface area is 121 Å². The first kappa shape index (κ1) is 12.5. The van der Waals surface area contributed by atoms with E-state index >= 15 is 0 Å². The molecule has 1 aliphatic rings. The van der Waals surface area contributed by atoms with E-state index in [2.05, 4.69) is 58.5 Å². The summed E-state index contributed by atoms with van der Waals surface area (Å²) in [7, 11) is 0. The minimum atomic E-state index is 0.223. The minimum Gasteiger partial charge on any atom is -0.488 e. The van der Waals surface area contributed by atoms with Crippen LogP contribution < -0.4 is 10.1 Å². The van der Waals surface area contributed by atoms with Crippen molar-refractivity contribution in [3.8, 4) is 5.75 Å². The first-order valence-corrected chi connectivity index (χ1v) is 7.26. The summed E-state index contributed by atoms with van der Waals surface area (Å²) in [6.45, 7) is 2.94. The minimum absolute atomic E-state index is 0.223. The summed E-state index contributed by atoms with van der Waals surface area (Å²) in [4.78, 5) is 0. The molecule has 3 heteroatoms. The fourth-order valence-electron chi connectivity index (χ4n) is 2.42. The zero-order valence-electron chi connectivity index (χ0n) is 10.8. The topological polar surface area (TPSA) is 21.3 Å². The van der Waals surface area contributed by atoms with Crippen molar-refractivity contribution in [1.29, 1.82) is 0 Å². The number of fused-ring (bicyclic) bond motifs is 1. The lowest BCUT2D eigenvalue weighted by atomic mass is 10.1. The summed E-state index contributed by atoms with van der Waals surface area (Å²) >= 11 is 3.48. The lowest BCUT2D eigenvalue weighted by Crippen LogP contribution is -2.24. The third-order valence-electron chi connectivity index (χ3n) is 3.42. The summed E-state index contributed by atoms with van der Waals surface area (Å²) < 4.78 is 7.03. The summed E-state index contributed by atoms with van der Waals surface area (Å²) in [5, 5.41) is 3.47. The number of para-hydroxylation sites is 1. The Bertz CT molecular complexity index is 572. The number of hydrogen-bond donors (Lipinski definition) is 1. The SMILES string of the molecule is Cc1cc(Br)ccc1NCC1Cc2ccccc2O1. The standard InChI is InChI=1S/C16H16BrNO/c1-11-8-13(17)6-7-15(11)18-10-14-9-12-4-2-3-5-16(12)19-14/h2-8,14,18H,9-10H2,1H3. The molecule has 2 aromatic rings. The average Bonchev–Trinajstić information content (AvgIpc) is 2.80. The van der Waals surface area contributed by atoms with Crippen LogP contribution in [0.3, 0.4) is 0 Å². The molecule has 0 aromatic heterocycles. The van der Waals surface area contributed by atoms with Crippen LogP contribution in [0, 0.1) is 6.92 Å². The molecule has 0 aliphatic carbocycles. The van der Waals surface area contributed by atoms with Gasteiger partial charge in [-0.25, -0.2) is 0 Å². The van der Waals surface area contributed by atoms with Crippen molar-refractivity contribution in [2.24, 2.45) is 0 Å². The number of aryl methyl sites for hydroxylation is 1. The fourth-order valence-corrected chi connectivity index (χ4v) is 2.89. The Kier molecular flexibility index (Phi) is 3.47. The van der Waals surface area contributed by atoms with Crippen LogP contribution >= 0.6 is 15.9 Å². The van der Waals surface area contributed by atoms with Gasteiger partial charge in [0.15, 0.2) is 0 Å². The van der Waals surface area contributed by atoms with Gasteiger partial charge in [-0.15, -0.1) is 0 Å². The number of anilines is 1. The second kappa shape index (κ2) is 5.25. The van der Waals surface area contributed by atoms with E-state index in [1.807, 2.05) is 12.1 Å². The number of rotatable bonds is 3. The smallest absolute Gasteiger partial charge is 0.123 e. The van der Waals surface area contributed by atoms with E-state index in [0.29, 0.717) is 0 Å². The second-order valence-electron chi connectivity index (χ2n) is 4.89. The van der Waals surface area contributed by atoms with Gasteiger partial charge in [0.25, 0.3) is 0 Å². The Morgan fingerprint density at radius 3 is 2.89 bits per heavy atom. The van der Waals surface area contributed by atoms with E-state index in [9.17, 15) is 0 Å². The van der Waals surface area contributed by atoms with E-state index in [4.69, 9.17) is 4.74 Å². The monoisotopic (exact) mass is 317 g/mol. The van der Waals surface area contributed by atoms with Crippen LogP contribution in [0.4, 0.5) is 5.69 Å². The molecule has 0 amide bonds. The summed E-state index contributed by atoms with van der Waals surface area (Å²) in [6, 6.07) is 14.5. The second-order valence-corrected chi connectivity index (χ2v) is 5.81. The Morgan fingerprint density at radius 1 is 1.26 bits per heavy atom.